The number of ether oxygens (including phenoxy) is 1. The molecule has 0 spiro atoms. The first-order valence-electron chi connectivity index (χ1n) is 3.14. The van der Waals surface area contributed by atoms with Gasteiger partial charge in [0.05, 0.1) is 0 Å². The maximum Gasteiger partial charge on any atom is 0.419 e. The summed E-state index contributed by atoms with van der Waals surface area (Å²) in [5.74, 6) is 0. The second kappa shape index (κ2) is 2.34. The molecule has 1 aliphatic rings. The topological polar surface area (TPSA) is 29.5 Å². The lowest BCUT2D eigenvalue weighted by atomic mass is 9.94. The van der Waals surface area contributed by atoms with Crippen LogP contribution in [0.1, 0.15) is 13.8 Å². The smallest absolute Gasteiger partial charge is 0.419 e. The molecule has 1 amide bonds. The van der Waals surface area contributed by atoms with Crippen molar-refractivity contribution < 1.29 is 9.53 Å². The average Bonchev–Trinajstić information content (AvgIpc) is 1.79. The molecular formula is C6H11NO2S. The maximum atomic E-state index is 10.7. The van der Waals surface area contributed by atoms with Gasteiger partial charge in [0, 0.05) is 12.0 Å². The highest BCUT2D eigenvalue weighted by atomic mass is 32.1. The number of hydrogen-bond acceptors (Lipinski definition) is 3. The molecule has 0 N–H and O–H groups in total. The van der Waals surface area contributed by atoms with Crippen molar-refractivity contribution >= 4 is 18.9 Å². The second-order valence-corrected chi connectivity index (χ2v) is 3.76. The van der Waals surface area contributed by atoms with Crippen LogP contribution < -0.4 is 0 Å². The van der Waals surface area contributed by atoms with E-state index in [1.807, 2.05) is 13.8 Å². The van der Waals surface area contributed by atoms with E-state index < -0.39 is 0 Å². The van der Waals surface area contributed by atoms with Gasteiger partial charge in [-0.2, -0.15) is 0 Å². The SMILES string of the molecule is CC1(C)COC(=O)N(S)C1. The summed E-state index contributed by atoms with van der Waals surface area (Å²) in [5, 5.41) is 0. The highest BCUT2D eigenvalue weighted by molar-refractivity contribution is 7.78. The van der Waals surface area contributed by atoms with Crippen LogP contribution in [0.5, 0.6) is 0 Å². The summed E-state index contributed by atoms with van der Waals surface area (Å²) in [7, 11) is 0. The molecular weight excluding hydrogens is 150 g/mol. The molecule has 0 bridgehead atoms. The summed E-state index contributed by atoms with van der Waals surface area (Å²) in [4.78, 5) is 10.7. The second-order valence-electron chi connectivity index (χ2n) is 3.28. The van der Waals surface area contributed by atoms with Crippen LogP contribution in [-0.2, 0) is 4.74 Å². The Morgan fingerprint density at radius 1 is 1.70 bits per heavy atom. The first kappa shape index (κ1) is 7.72. The average molecular weight is 161 g/mol. The summed E-state index contributed by atoms with van der Waals surface area (Å²) < 4.78 is 6.11. The molecule has 0 unspecified atom stereocenters. The van der Waals surface area contributed by atoms with Crippen LogP contribution in [-0.4, -0.2) is 23.6 Å². The number of thiol groups is 1. The molecule has 0 atom stereocenters. The van der Waals surface area contributed by atoms with E-state index >= 15 is 0 Å². The Morgan fingerprint density at radius 2 is 2.30 bits per heavy atom. The van der Waals surface area contributed by atoms with E-state index in [0.717, 1.165) is 0 Å². The molecule has 0 aromatic rings. The van der Waals surface area contributed by atoms with Gasteiger partial charge in [0.25, 0.3) is 0 Å². The minimum absolute atomic E-state index is 0.0374. The van der Waals surface area contributed by atoms with Crippen LogP contribution in [0.25, 0.3) is 0 Å². The van der Waals surface area contributed by atoms with Crippen molar-refractivity contribution in [1.29, 1.82) is 0 Å². The number of carbonyl (C=O) groups excluding carboxylic acids is 1. The Balaban J connectivity index is 2.57. The van der Waals surface area contributed by atoms with Crippen molar-refractivity contribution in [3.05, 3.63) is 0 Å². The first-order chi connectivity index (χ1) is 4.51. The predicted octanol–water partition coefficient (Wildman–Crippen LogP) is 1.31. The number of rotatable bonds is 0. The van der Waals surface area contributed by atoms with E-state index in [1.54, 1.807) is 0 Å². The molecule has 0 aliphatic carbocycles. The van der Waals surface area contributed by atoms with E-state index in [2.05, 4.69) is 12.8 Å². The molecule has 1 heterocycles. The fraction of sp³-hybridized carbons (Fsp3) is 0.833. The van der Waals surface area contributed by atoms with Crippen LogP contribution in [0.3, 0.4) is 0 Å². The Bertz CT molecular complexity index is 158. The van der Waals surface area contributed by atoms with Crippen molar-refractivity contribution in [1.82, 2.24) is 4.31 Å². The largest absolute Gasteiger partial charge is 0.448 e. The molecule has 1 aliphatic heterocycles. The quantitative estimate of drug-likeness (QED) is 0.543. The molecule has 1 saturated heterocycles. The fourth-order valence-electron chi connectivity index (χ4n) is 0.847. The molecule has 0 radical (unpaired) electrons. The van der Waals surface area contributed by atoms with Gasteiger partial charge >= 0.3 is 6.09 Å². The Morgan fingerprint density at radius 3 is 2.70 bits per heavy atom. The van der Waals surface area contributed by atoms with Crippen LogP contribution in [0.4, 0.5) is 4.79 Å². The zero-order valence-electron chi connectivity index (χ0n) is 6.13. The standard InChI is InChI=1S/C6H11NO2S/c1-6(2)3-7(10)5(8)9-4-6/h10H,3-4H2,1-2H3. The third kappa shape index (κ3) is 1.56. The first-order valence-corrected chi connectivity index (χ1v) is 3.54. The Labute approximate surface area is 65.9 Å². The fourth-order valence-corrected chi connectivity index (χ4v) is 1.29. The number of nitrogens with zero attached hydrogens (tertiary/aromatic N) is 1. The van der Waals surface area contributed by atoms with Crippen molar-refractivity contribution in [2.45, 2.75) is 13.8 Å². The van der Waals surface area contributed by atoms with E-state index in [4.69, 9.17) is 4.74 Å². The van der Waals surface area contributed by atoms with E-state index in [-0.39, 0.29) is 11.5 Å². The number of cyclic esters (lactones) is 1. The van der Waals surface area contributed by atoms with Gasteiger partial charge in [0.2, 0.25) is 0 Å². The van der Waals surface area contributed by atoms with Gasteiger partial charge in [-0.25, -0.2) is 4.79 Å². The zero-order chi connectivity index (χ0) is 7.78. The molecule has 1 rings (SSSR count). The van der Waals surface area contributed by atoms with Crippen LogP contribution >= 0.6 is 12.8 Å². The zero-order valence-corrected chi connectivity index (χ0v) is 7.02. The molecule has 58 valence electrons. The van der Waals surface area contributed by atoms with Gasteiger partial charge in [-0.3, -0.25) is 4.31 Å². The molecule has 0 aromatic heterocycles. The van der Waals surface area contributed by atoms with Crippen LogP contribution in [0, 0.1) is 5.41 Å². The highest BCUT2D eigenvalue weighted by Gasteiger charge is 2.30. The Kier molecular flexibility index (Phi) is 1.81. The number of amides is 1. The maximum absolute atomic E-state index is 10.7. The lowest BCUT2D eigenvalue weighted by Crippen LogP contribution is -2.42. The summed E-state index contributed by atoms with van der Waals surface area (Å²) >= 11 is 3.93. The minimum Gasteiger partial charge on any atom is -0.448 e. The summed E-state index contributed by atoms with van der Waals surface area (Å²) in [6.07, 6.45) is -0.345. The van der Waals surface area contributed by atoms with E-state index in [0.29, 0.717) is 13.2 Å². The molecule has 1 fully saturated rings. The summed E-state index contributed by atoms with van der Waals surface area (Å²) in [6.45, 7) is 5.20. The van der Waals surface area contributed by atoms with Gasteiger partial charge in [0.15, 0.2) is 0 Å². The Hall–Kier alpha value is -0.380. The van der Waals surface area contributed by atoms with Gasteiger partial charge in [0.1, 0.15) is 6.61 Å². The predicted molar refractivity (Wildman–Crippen MR) is 40.8 cm³/mol. The summed E-state index contributed by atoms with van der Waals surface area (Å²) in [6, 6.07) is 0. The number of hydrogen-bond donors (Lipinski definition) is 1. The van der Waals surface area contributed by atoms with Gasteiger partial charge in [-0.05, 0) is 0 Å². The van der Waals surface area contributed by atoms with Gasteiger partial charge in [-0.1, -0.05) is 26.7 Å². The van der Waals surface area contributed by atoms with E-state index in [1.165, 1.54) is 4.31 Å². The van der Waals surface area contributed by atoms with Gasteiger partial charge < -0.3 is 4.74 Å². The molecule has 10 heavy (non-hydrogen) atoms. The number of carbonyl (C=O) groups is 1. The van der Waals surface area contributed by atoms with Crippen LogP contribution in [0.2, 0.25) is 0 Å². The lowest BCUT2D eigenvalue weighted by molar-refractivity contribution is 0.0415. The minimum atomic E-state index is -0.345. The molecule has 3 nitrogen and oxygen atoms in total. The van der Waals surface area contributed by atoms with Crippen LogP contribution in [0.15, 0.2) is 0 Å². The third-order valence-corrected chi connectivity index (χ3v) is 1.68. The van der Waals surface area contributed by atoms with Crippen molar-refractivity contribution in [3.8, 4) is 0 Å². The monoisotopic (exact) mass is 161 g/mol. The lowest BCUT2D eigenvalue weighted by Gasteiger charge is -2.33. The van der Waals surface area contributed by atoms with E-state index in [9.17, 15) is 4.79 Å². The third-order valence-electron chi connectivity index (χ3n) is 1.37. The van der Waals surface area contributed by atoms with Crippen molar-refractivity contribution in [2.75, 3.05) is 13.2 Å². The normalized spacial score (nSPS) is 24.3. The molecule has 4 heteroatoms. The van der Waals surface area contributed by atoms with Crippen molar-refractivity contribution in [2.24, 2.45) is 5.41 Å². The van der Waals surface area contributed by atoms with Crippen molar-refractivity contribution in [3.63, 3.8) is 0 Å². The summed E-state index contributed by atoms with van der Waals surface area (Å²) in [5.41, 5.74) is 0.0374. The highest BCUT2D eigenvalue weighted by Crippen LogP contribution is 2.23. The molecule has 0 aromatic carbocycles. The molecule has 0 saturated carbocycles. The van der Waals surface area contributed by atoms with Gasteiger partial charge in [-0.15, -0.1) is 0 Å².